The molecule has 0 bridgehead atoms. The number of halogens is 1. The van der Waals surface area contributed by atoms with Gasteiger partial charge in [0.2, 0.25) is 5.91 Å². The van der Waals surface area contributed by atoms with Crippen LogP contribution in [0.4, 0.5) is 0 Å². The zero-order chi connectivity index (χ0) is 9.84. The number of primary amides is 1. The third-order valence-electron chi connectivity index (χ3n) is 1.76. The van der Waals surface area contributed by atoms with Crippen molar-refractivity contribution in [1.82, 2.24) is 0 Å². The van der Waals surface area contributed by atoms with Gasteiger partial charge < -0.3 is 16.6 Å². The minimum absolute atomic E-state index is 0. The monoisotopic (exact) mass is 216 g/mol. The van der Waals surface area contributed by atoms with Gasteiger partial charge in [-0.1, -0.05) is 12.1 Å². The van der Waals surface area contributed by atoms with E-state index in [4.69, 9.17) is 16.6 Å². The van der Waals surface area contributed by atoms with Crippen LogP contribution in [0.2, 0.25) is 0 Å². The molecule has 0 aliphatic heterocycles. The van der Waals surface area contributed by atoms with Gasteiger partial charge in [0.1, 0.15) is 5.75 Å². The van der Waals surface area contributed by atoms with Gasteiger partial charge in [0.15, 0.2) is 0 Å². The molecule has 14 heavy (non-hydrogen) atoms. The summed E-state index contributed by atoms with van der Waals surface area (Å²) in [5, 5.41) is 8.98. The van der Waals surface area contributed by atoms with Crippen LogP contribution < -0.4 is 11.5 Å². The predicted octanol–water partition coefficient (Wildman–Crippen LogP) is 0.169. The summed E-state index contributed by atoms with van der Waals surface area (Å²) in [6.45, 7) is 0. The van der Waals surface area contributed by atoms with Gasteiger partial charge in [-0.3, -0.25) is 4.79 Å². The number of phenolic OH excluding ortho intramolecular Hbond substituents is 1. The molecule has 1 aromatic rings. The van der Waals surface area contributed by atoms with E-state index in [1.54, 1.807) is 24.3 Å². The summed E-state index contributed by atoms with van der Waals surface area (Å²) in [4.78, 5) is 10.6. The Balaban J connectivity index is 0.00000169. The topological polar surface area (TPSA) is 89.3 Å². The highest BCUT2D eigenvalue weighted by Crippen LogP contribution is 2.10. The molecule has 0 heterocycles. The second kappa shape index (κ2) is 5.47. The zero-order valence-electron chi connectivity index (χ0n) is 7.51. The molecule has 1 aromatic carbocycles. The molecule has 78 valence electrons. The maximum Gasteiger partial charge on any atom is 0.234 e. The van der Waals surface area contributed by atoms with Gasteiger partial charge in [0.05, 0.1) is 6.04 Å². The summed E-state index contributed by atoms with van der Waals surface area (Å²) >= 11 is 0. The highest BCUT2D eigenvalue weighted by atomic mass is 35.5. The molecule has 0 aromatic heterocycles. The lowest BCUT2D eigenvalue weighted by atomic mass is 10.1. The van der Waals surface area contributed by atoms with Crippen molar-refractivity contribution in [2.75, 3.05) is 0 Å². The molecule has 5 heteroatoms. The van der Waals surface area contributed by atoms with Crippen molar-refractivity contribution in [2.24, 2.45) is 11.5 Å². The summed E-state index contributed by atoms with van der Waals surface area (Å²) in [7, 11) is 0. The summed E-state index contributed by atoms with van der Waals surface area (Å²) in [6, 6.07) is 5.84. The number of carbonyl (C=O) groups excluding carboxylic acids is 1. The van der Waals surface area contributed by atoms with Crippen molar-refractivity contribution in [3.63, 3.8) is 0 Å². The van der Waals surface area contributed by atoms with Gasteiger partial charge >= 0.3 is 0 Å². The molecule has 0 saturated heterocycles. The fraction of sp³-hybridized carbons (Fsp3) is 0.222. The average Bonchev–Trinajstić information content (AvgIpc) is 2.08. The number of amides is 1. The molecule has 1 atom stereocenters. The van der Waals surface area contributed by atoms with Crippen LogP contribution in [0.15, 0.2) is 24.3 Å². The van der Waals surface area contributed by atoms with E-state index < -0.39 is 11.9 Å². The van der Waals surface area contributed by atoms with E-state index in [2.05, 4.69) is 0 Å². The van der Waals surface area contributed by atoms with Gasteiger partial charge in [0, 0.05) is 0 Å². The molecule has 0 spiro atoms. The maximum atomic E-state index is 10.6. The van der Waals surface area contributed by atoms with Crippen LogP contribution in [-0.4, -0.2) is 17.1 Å². The second-order valence-corrected chi connectivity index (χ2v) is 2.88. The van der Waals surface area contributed by atoms with Crippen LogP contribution in [-0.2, 0) is 11.2 Å². The number of rotatable bonds is 3. The summed E-state index contributed by atoms with van der Waals surface area (Å²) in [5.74, 6) is -0.329. The van der Waals surface area contributed by atoms with E-state index in [1.807, 2.05) is 0 Å². The molecule has 0 fully saturated rings. The Morgan fingerprint density at radius 2 is 1.86 bits per heavy atom. The van der Waals surface area contributed by atoms with E-state index in [0.717, 1.165) is 5.56 Å². The molecule has 1 unspecified atom stereocenters. The fourth-order valence-corrected chi connectivity index (χ4v) is 0.987. The van der Waals surface area contributed by atoms with Crippen molar-refractivity contribution in [2.45, 2.75) is 12.5 Å². The third-order valence-corrected chi connectivity index (χ3v) is 1.76. The van der Waals surface area contributed by atoms with E-state index in [1.165, 1.54) is 0 Å². The molecule has 5 N–H and O–H groups in total. The third kappa shape index (κ3) is 3.64. The van der Waals surface area contributed by atoms with Crippen LogP contribution in [0.25, 0.3) is 0 Å². The number of phenols is 1. The SMILES string of the molecule is Cl.NC(=O)C(N)Cc1ccc(O)cc1. The molecule has 1 rings (SSSR count). The minimum atomic E-state index is -0.662. The fourth-order valence-electron chi connectivity index (χ4n) is 0.987. The van der Waals surface area contributed by atoms with Gasteiger partial charge in [-0.2, -0.15) is 0 Å². The standard InChI is InChI=1S/C9H12N2O2.ClH/c10-8(9(11)13)5-6-1-3-7(12)4-2-6;/h1-4,8,12H,5,10H2,(H2,11,13);1H. The van der Waals surface area contributed by atoms with Crippen LogP contribution in [0, 0.1) is 0 Å². The van der Waals surface area contributed by atoms with Crippen molar-refractivity contribution in [3.8, 4) is 5.75 Å². The number of hydrogen-bond acceptors (Lipinski definition) is 3. The van der Waals surface area contributed by atoms with Gasteiger partial charge in [-0.05, 0) is 24.1 Å². The van der Waals surface area contributed by atoms with Crippen LogP contribution >= 0.6 is 12.4 Å². The van der Waals surface area contributed by atoms with E-state index in [9.17, 15) is 4.79 Å². The van der Waals surface area contributed by atoms with Gasteiger partial charge in [-0.25, -0.2) is 0 Å². The quantitative estimate of drug-likeness (QED) is 0.673. The lowest BCUT2D eigenvalue weighted by Crippen LogP contribution is -2.38. The summed E-state index contributed by atoms with van der Waals surface area (Å²) in [5.41, 5.74) is 11.3. The largest absolute Gasteiger partial charge is 0.508 e. The number of nitrogens with two attached hydrogens (primary N) is 2. The first-order chi connectivity index (χ1) is 6.09. The van der Waals surface area contributed by atoms with Crippen LogP contribution in [0.3, 0.4) is 0 Å². The van der Waals surface area contributed by atoms with Crippen molar-refractivity contribution < 1.29 is 9.90 Å². The van der Waals surface area contributed by atoms with Crippen molar-refractivity contribution >= 4 is 18.3 Å². The lowest BCUT2D eigenvalue weighted by Gasteiger charge is -2.06. The summed E-state index contributed by atoms with van der Waals surface area (Å²) < 4.78 is 0. The smallest absolute Gasteiger partial charge is 0.234 e. The molecular weight excluding hydrogens is 204 g/mol. The van der Waals surface area contributed by atoms with Crippen LogP contribution in [0.1, 0.15) is 5.56 Å². The number of carbonyl (C=O) groups is 1. The minimum Gasteiger partial charge on any atom is -0.508 e. The molecule has 4 nitrogen and oxygen atoms in total. The second-order valence-electron chi connectivity index (χ2n) is 2.88. The van der Waals surface area contributed by atoms with E-state index >= 15 is 0 Å². The first-order valence-electron chi connectivity index (χ1n) is 3.92. The Labute approximate surface area is 88.3 Å². The maximum absolute atomic E-state index is 10.6. The Hall–Kier alpha value is -1.26. The first-order valence-corrected chi connectivity index (χ1v) is 3.92. The van der Waals surface area contributed by atoms with Gasteiger partial charge in [-0.15, -0.1) is 12.4 Å². The molecule has 0 aliphatic carbocycles. The predicted molar refractivity (Wildman–Crippen MR) is 56.2 cm³/mol. The van der Waals surface area contributed by atoms with E-state index in [0.29, 0.717) is 6.42 Å². The number of hydrogen-bond donors (Lipinski definition) is 3. The first kappa shape index (κ1) is 12.7. The van der Waals surface area contributed by atoms with Gasteiger partial charge in [0.25, 0.3) is 0 Å². The highest BCUT2D eigenvalue weighted by molar-refractivity contribution is 5.85. The molecule has 1 amide bonds. The van der Waals surface area contributed by atoms with E-state index in [-0.39, 0.29) is 18.2 Å². The molecular formula is C9H13ClN2O2. The lowest BCUT2D eigenvalue weighted by molar-refractivity contribution is -0.119. The van der Waals surface area contributed by atoms with Crippen molar-refractivity contribution in [1.29, 1.82) is 0 Å². The Bertz CT molecular complexity index is 300. The number of aromatic hydroxyl groups is 1. The molecule has 0 radical (unpaired) electrons. The van der Waals surface area contributed by atoms with Crippen molar-refractivity contribution in [3.05, 3.63) is 29.8 Å². The normalized spacial score (nSPS) is 11.5. The Morgan fingerprint density at radius 1 is 1.36 bits per heavy atom. The Morgan fingerprint density at radius 3 is 2.29 bits per heavy atom. The molecule has 0 saturated carbocycles. The highest BCUT2D eigenvalue weighted by Gasteiger charge is 2.09. The molecule has 0 aliphatic rings. The Kier molecular flexibility index (Phi) is 4.97. The average molecular weight is 217 g/mol. The van der Waals surface area contributed by atoms with Crippen LogP contribution in [0.5, 0.6) is 5.75 Å². The zero-order valence-corrected chi connectivity index (χ0v) is 8.33. The summed E-state index contributed by atoms with van der Waals surface area (Å²) in [6.07, 6.45) is 0.398. The number of benzene rings is 1.